The lowest BCUT2D eigenvalue weighted by molar-refractivity contribution is -0.121. The summed E-state index contributed by atoms with van der Waals surface area (Å²) in [6, 6.07) is 22.9. The molecule has 0 saturated heterocycles. The van der Waals surface area contributed by atoms with Crippen LogP contribution in [0.4, 0.5) is 0 Å². The fourth-order valence-corrected chi connectivity index (χ4v) is 5.10. The van der Waals surface area contributed by atoms with Gasteiger partial charge >= 0.3 is 5.69 Å². The topological polar surface area (TPSA) is 86.0 Å². The molecule has 0 aliphatic rings. The maximum Gasteiger partial charge on any atom is 0.332 e. The Morgan fingerprint density at radius 3 is 2.32 bits per heavy atom. The molecule has 0 fully saturated rings. The van der Waals surface area contributed by atoms with Crippen LogP contribution in [-0.4, -0.2) is 20.0 Å². The van der Waals surface area contributed by atoms with Crippen LogP contribution >= 0.6 is 11.3 Å². The number of carbonyl (C=O) groups is 1. The molecule has 3 heterocycles. The van der Waals surface area contributed by atoms with Gasteiger partial charge in [-0.05, 0) is 29.7 Å². The molecule has 7 nitrogen and oxygen atoms in total. The maximum atomic E-state index is 13.5. The number of hydrogen-bond donors (Lipinski definition) is 1. The number of fused-ring (bicyclic) bond motifs is 3. The van der Waals surface area contributed by atoms with Gasteiger partial charge in [0.2, 0.25) is 5.91 Å². The van der Waals surface area contributed by atoms with Crippen molar-refractivity contribution in [3.8, 4) is 0 Å². The third-order valence-electron chi connectivity index (χ3n) is 5.71. The minimum Gasteiger partial charge on any atom is -0.350 e. The second kappa shape index (κ2) is 9.44. The normalized spacial score (nSPS) is 11.2. The van der Waals surface area contributed by atoms with Crippen LogP contribution in [0.2, 0.25) is 0 Å². The fraction of sp³-hybridized carbons (Fsp3) is 0.154. The van der Waals surface area contributed by atoms with Crippen molar-refractivity contribution >= 4 is 37.7 Å². The summed E-state index contributed by atoms with van der Waals surface area (Å²) in [5.74, 6) is -0.302. The molecular formula is C26H22N4O3S. The van der Waals surface area contributed by atoms with Crippen molar-refractivity contribution in [2.45, 2.75) is 26.1 Å². The summed E-state index contributed by atoms with van der Waals surface area (Å²) in [4.78, 5) is 44.7. The Morgan fingerprint density at radius 1 is 0.882 bits per heavy atom. The summed E-state index contributed by atoms with van der Waals surface area (Å²) >= 11 is 1.25. The number of aromatic nitrogens is 3. The number of amides is 1. The van der Waals surface area contributed by atoms with Gasteiger partial charge in [0.15, 0.2) is 0 Å². The summed E-state index contributed by atoms with van der Waals surface area (Å²) in [6.07, 6.45) is 2.19. The van der Waals surface area contributed by atoms with Crippen LogP contribution in [-0.2, 0) is 30.8 Å². The van der Waals surface area contributed by atoms with Gasteiger partial charge in [-0.1, -0.05) is 60.7 Å². The van der Waals surface area contributed by atoms with E-state index >= 15 is 0 Å². The van der Waals surface area contributed by atoms with E-state index < -0.39 is 5.69 Å². The highest BCUT2D eigenvalue weighted by Gasteiger charge is 2.20. The SMILES string of the molecule is O=C(Cn1c(=O)n(CCc2ccccc2)c(=O)c2sc3ncccc3c21)NCc1ccccc1. The summed E-state index contributed by atoms with van der Waals surface area (Å²) in [7, 11) is 0. The zero-order chi connectivity index (χ0) is 23.5. The first-order chi connectivity index (χ1) is 16.6. The third kappa shape index (κ3) is 4.27. The number of pyridine rings is 1. The van der Waals surface area contributed by atoms with E-state index in [4.69, 9.17) is 0 Å². The summed E-state index contributed by atoms with van der Waals surface area (Å²) in [5, 5.41) is 3.57. The van der Waals surface area contributed by atoms with Crippen LogP contribution in [0.25, 0.3) is 20.4 Å². The molecule has 0 radical (unpaired) electrons. The Morgan fingerprint density at radius 2 is 1.59 bits per heavy atom. The highest BCUT2D eigenvalue weighted by atomic mass is 32.1. The van der Waals surface area contributed by atoms with Gasteiger partial charge in [0.05, 0.1) is 5.52 Å². The Labute approximate surface area is 198 Å². The van der Waals surface area contributed by atoms with Crippen LogP contribution in [0, 0.1) is 0 Å². The number of hydrogen-bond acceptors (Lipinski definition) is 5. The largest absolute Gasteiger partial charge is 0.350 e. The van der Waals surface area contributed by atoms with Crippen molar-refractivity contribution < 1.29 is 4.79 Å². The van der Waals surface area contributed by atoms with Crippen LogP contribution in [0.3, 0.4) is 0 Å². The van der Waals surface area contributed by atoms with E-state index in [0.717, 1.165) is 11.1 Å². The molecule has 1 N–H and O–H groups in total. The van der Waals surface area contributed by atoms with Gasteiger partial charge in [-0.3, -0.25) is 18.7 Å². The summed E-state index contributed by atoms with van der Waals surface area (Å²) < 4.78 is 3.06. The molecule has 0 bridgehead atoms. The molecule has 3 aromatic heterocycles. The highest BCUT2D eigenvalue weighted by molar-refractivity contribution is 7.25. The molecule has 2 aromatic carbocycles. The van der Waals surface area contributed by atoms with Gasteiger partial charge in [-0.15, -0.1) is 11.3 Å². The number of benzene rings is 2. The summed E-state index contributed by atoms with van der Waals surface area (Å²) in [6.45, 7) is 0.399. The number of thiophene rings is 1. The highest BCUT2D eigenvalue weighted by Crippen LogP contribution is 2.29. The van der Waals surface area contributed by atoms with E-state index in [1.165, 1.54) is 20.5 Å². The molecule has 0 saturated carbocycles. The molecule has 5 aromatic rings. The van der Waals surface area contributed by atoms with Gasteiger partial charge in [-0.2, -0.15) is 0 Å². The lowest BCUT2D eigenvalue weighted by Crippen LogP contribution is -2.42. The van der Waals surface area contributed by atoms with Crippen molar-refractivity contribution in [1.29, 1.82) is 0 Å². The average Bonchev–Trinajstić information content (AvgIpc) is 3.26. The Hall–Kier alpha value is -4.04. The molecule has 0 aliphatic heterocycles. The second-order valence-corrected chi connectivity index (χ2v) is 8.96. The van der Waals surface area contributed by atoms with Crippen LogP contribution in [0.1, 0.15) is 11.1 Å². The number of nitrogens with zero attached hydrogens (tertiary/aromatic N) is 3. The summed E-state index contributed by atoms with van der Waals surface area (Å²) in [5.41, 5.74) is 1.62. The quantitative estimate of drug-likeness (QED) is 0.395. The van der Waals surface area contributed by atoms with Gasteiger partial charge in [0, 0.05) is 24.7 Å². The predicted molar refractivity (Wildman–Crippen MR) is 134 cm³/mol. The Bertz CT molecular complexity index is 1590. The molecule has 0 spiro atoms. The number of rotatable bonds is 7. The van der Waals surface area contributed by atoms with Gasteiger partial charge in [0.1, 0.15) is 16.1 Å². The molecule has 1 amide bonds. The molecule has 0 aliphatic carbocycles. The average molecular weight is 471 g/mol. The zero-order valence-corrected chi connectivity index (χ0v) is 19.1. The number of aryl methyl sites for hydroxylation is 1. The van der Waals surface area contributed by atoms with E-state index in [2.05, 4.69) is 10.3 Å². The standard InChI is InChI=1S/C26H22N4O3S/c31-21(28-16-19-10-5-2-6-11-19)17-30-22-20-12-7-14-27-24(20)34-23(22)25(32)29(26(30)33)15-13-18-8-3-1-4-9-18/h1-12,14H,13,15-17H2,(H,28,31). The first kappa shape index (κ1) is 21.8. The molecule has 0 unspecified atom stereocenters. The molecular weight excluding hydrogens is 448 g/mol. The van der Waals surface area contributed by atoms with Crippen molar-refractivity contribution in [2.75, 3.05) is 0 Å². The third-order valence-corrected chi connectivity index (χ3v) is 6.80. The van der Waals surface area contributed by atoms with Crippen molar-refractivity contribution in [2.24, 2.45) is 0 Å². The molecule has 8 heteroatoms. The number of carbonyl (C=O) groups excluding carboxylic acids is 1. The van der Waals surface area contributed by atoms with Crippen molar-refractivity contribution in [3.63, 3.8) is 0 Å². The second-order valence-electron chi connectivity index (χ2n) is 7.96. The minimum absolute atomic E-state index is 0.186. The van der Waals surface area contributed by atoms with Gasteiger partial charge in [-0.25, -0.2) is 9.78 Å². The maximum absolute atomic E-state index is 13.5. The van der Waals surface area contributed by atoms with Gasteiger partial charge < -0.3 is 5.32 Å². The first-order valence-corrected chi connectivity index (χ1v) is 11.8. The van der Waals surface area contributed by atoms with E-state index in [9.17, 15) is 14.4 Å². The van der Waals surface area contributed by atoms with Crippen LogP contribution < -0.4 is 16.6 Å². The Kier molecular flexibility index (Phi) is 6.05. The van der Waals surface area contributed by atoms with E-state index in [1.807, 2.05) is 66.7 Å². The smallest absolute Gasteiger partial charge is 0.332 e. The van der Waals surface area contributed by atoms with E-state index in [1.54, 1.807) is 12.3 Å². The monoisotopic (exact) mass is 470 g/mol. The van der Waals surface area contributed by atoms with E-state index in [-0.39, 0.29) is 24.6 Å². The molecule has 0 atom stereocenters. The molecule has 170 valence electrons. The Balaban J connectivity index is 1.54. The molecule has 5 rings (SSSR count). The van der Waals surface area contributed by atoms with Crippen molar-refractivity contribution in [1.82, 2.24) is 19.4 Å². The van der Waals surface area contributed by atoms with Crippen LogP contribution in [0.5, 0.6) is 0 Å². The lowest BCUT2D eigenvalue weighted by Gasteiger charge is -2.13. The zero-order valence-electron chi connectivity index (χ0n) is 18.3. The first-order valence-electron chi connectivity index (χ1n) is 11.0. The molecule has 34 heavy (non-hydrogen) atoms. The van der Waals surface area contributed by atoms with Crippen molar-refractivity contribution in [3.05, 3.63) is 111 Å². The van der Waals surface area contributed by atoms with E-state index in [0.29, 0.717) is 33.4 Å². The van der Waals surface area contributed by atoms with Crippen LogP contribution in [0.15, 0.2) is 88.6 Å². The predicted octanol–water partition coefficient (Wildman–Crippen LogP) is 3.33. The lowest BCUT2D eigenvalue weighted by atomic mass is 10.1. The fourth-order valence-electron chi connectivity index (χ4n) is 4.01. The minimum atomic E-state index is -0.494. The van der Waals surface area contributed by atoms with Gasteiger partial charge in [0.25, 0.3) is 5.56 Å². The number of nitrogens with one attached hydrogen (secondary N) is 1.